The minimum Gasteiger partial charge on any atom is -0.345 e. The van der Waals surface area contributed by atoms with Gasteiger partial charge in [0.2, 0.25) is 0 Å². The Morgan fingerprint density at radius 1 is 1.08 bits per heavy atom. The SMILES string of the molecule is Cc1ccc(NC(=S)N(CCCc2cncn2Cc2ccc(C#N)cc2)Cc2cccc(Cl)c2)cc1Cl. The van der Waals surface area contributed by atoms with Gasteiger partial charge < -0.3 is 14.8 Å². The first-order valence-electron chi connectivity index (χ1n) is 12.0. The van der Waals surface area contributed by atoms with Crippen molar-refractivity contribution in [3.8, 4) is 6.07 Å². The van der Waals surface area contributed by atoms with Crippen LogP contribution in [0.4, 0.5) is 5.69 Å². The van der Waals surface area contributed by atoms with Crippen molar-refractivity contribution in [3.63, 3.8) is 0 Å². The Morgan fingerprint density at radius 2 is 1.89 bits per heavy atom. The van der Waals surface area contributed by atoms with Gasteiger partial charge in [-0.3, -0.25) is 0 Å². The molecule has 4 rings (SSSR count). The molecule has 5 nitrogen and oxygen atoms in total. The first-order chi connectivity index (χ1) is 17.9. The van der Waals surface area contributed by atoms with Crippen LogP contribution in [0.15, 0.2) is 79.3 Å². The third kappa shape index (κ3) is 7.56. The molecule has 1 N–H and O–H groups in total. The second-order valence-electron chi connectivity index (χ2n) is 8.87. The average Bonchev–Trinajstić information content (AvgIpc) is 3.33. The van der Waals surface area contributed by atoms with Gasteiger partial charge in [0.1, 0.15) is 0 Å². The largest absolute Gasteiger partial charge is 0.345 e. The number of hydrogen-bond acceptors (Lipinski definition) is 3. The zero-order chi connectivity index (χ0) is 26.2. The Balaban J connectivity index is 1.42. The van der Waals surface area contributed by atoms with Crippen molar-refractivity contribution < 1.29 is 0 Å². The van der Waals surface area contributed by atoms with E-state index in [1.807, 2.05) is 80.1 Å². The number of aromatic nitrogens is 2. The maximum atomic E-state index is 9.03. The maximum absolute atomic E-state index is 9.03. The maximum Gasteiger partial charge on any atom is 0.173 e. The number of imidazole rings is 1. The molecule has 0 spiro atoms. The lowest BCUT2D eigenvalue weighted by molar-refractivity contribution is 0.408. The molecule has 8 heteroatoms. The van der Waals surface area contributed by atoms with Crippen LogP contribution in [-0.4, -0.2) is 26.1 Å². The summed E-state index contributed by atoms with van der Waals surface area (Å²) in [4.78, 5) is 6.51. The fourth-order valence-corrected chi connectivity index (χ4v) is 4.68. The van der Waals surface area contributed by atoms with Crippen LogP contribution < -0.4 is 5.32 Å². The molecule has 0 aliphatic heterocycles. The van der Waals surface area contributed by atoms with Crippen molar-refractivity contribution in [2.45, 2.75) is 32.9 Å². The third-order valence-corrected chi connectivity index (χ3v) is 7.07. The summed E-state index contributed by atoms with van der Waals surface area (Å²) in [5.41, 5.74) is 5.90. The second-order valence-corrected chi connectivity index (χ2v) is 10.1. The van der Waals surface area contributed by atoms with E-state index in [9.17, 15) is 0 Å². The summed E-state index contributed by atoms with van der Waals surface area (Å²) < 4.78 is 2.15. The van der Waals surface area contributed by atoms with Crippen molar-refractivity contribution in [2.75, 3.05) is 11.9 Å². The number of aryl methyl sites for hydroxylation is 2. The molecule has 0 radical (unpaired) electrons. The molecule has 3 aromatic carbocycles. The van der Waals surface area contributed by atoms with Gasteiger partial charge in [-0.2, -0.15) is 5.26 Å². The number of rotatable bonds is 9. The minimum atomic E-state index is 0.631. The quantitative estimate of drug-likeness (QED) is 0.223. The van der Waals surface area contributed by atoms with Crippen LogP contribution in [0.5, 0.6) is 0 Å². The summed E-state index contributed by atoms with van der Waals surface area (Å²) in [6, 6.07) is 23.5. The predicted molar refractivity (Wildman–Crippen MR) is 155 cm³/mol. The fraction of sp³-hybridized carbons (Fsp3) is 0.207. The molecule has 4 aromatic rings. The highest BCUT2D eigenvalue weighted by Gasteiger charge is 2.13. The molecule has 0 atom stereocenters. The van der Waals surface area contributed by atoms with Gasteiger partial charge >= 0.3 is 0 Å². The molecule has 1 aromatic heterocycles. The number of nitriles is 1. The highest BCUT2D eigenvalue weighted by atomic mass is 35.5. The van der Waals surface area contributed by atoms with Gasteiger partial charge in [-0.25, -0.2) is 4.98 Å². The Bertz CT molecular complexity index is 1410. The van der Waals surface area contributed by atoms with E-state index in [1.54, 1.807) is 0 Å². The van der Waals surface area contributed by atoms with E-state index in [-0.39, 0.29) is 0 Å². The van der Waals surface area contributed by atoms with Crippen LogP contribution in [0.25, 0.3) is 0 Å². The van der Waals surface area contributed by atoms with E-state index in [0.29, 0.717) is 33.8 Å². The molecule has 188 valence electrons. The Morgan fingerprint density at radius 3 is 2.62 bits per heavy atom. The molecule has 1 heterocycles. The lowest BCUT2D eigenvalue weighted by Crippen LogP contribution is -2.35. The number of nitrogens with one attached hydrogen (secondary N) is 1. The monoisotopic (exact) mass is 547 g/mol. The van der Waals surface area contributed by atoms with Crippen LogP contribution in [-0.2, 0) is 19.5 Å². The molecule has 37 heavy (non-hydrogen) atoms. The minimum absolute atomic E-state index is 0.631. The first-order valence-corrected chi connectivity index (χ1v) is 13.1. The Hall–Kier alpha value is -3.37. The predicted octanol–water partition coefficient (Wildman–Crippen LogP) is 7.25. The zero-order valence-electron chi connectivity index (χ0n) is 20.5. The van der Waals surface area contributed by atoms with E-state index >= 15 is 0 Å². The van der Waals surface area contributed by atoms with Crippen molar-refractivity contribution in [1.82, 2.24) is 14.5 Å². The van der Waals surface area contributed by atoms with Crippen LogP contribution in [0, 0.1) is 18.3 Å². The topological polar surface area (TPSA) is 56.9 Å². The standard InChI is InChI=1S/C29H27Cl2N5S/c1-21-7-12-26(15-28(21)31)34-29(37)35(19-24-4-2-5-25(30)14-24)13-3-6-27-17-33-20-36(27)18-23-10-8-22(16-32)9-11-23/h2,4-5,7-12,14-15,17,20H,3,6,13,18-19H2,1H3,(H,34,37). The van der Waals surface area contributed by atoms with E-state index in [0.717, 1.165) is 47.5 Å². The lowest BCUT2D eigenvalue weighted by Gasteiger charge is -2.26. The van der Waals surface area contributed by atoms with Crippen LogP contribution in [0.3, 0.4) is 0 Å². The van der Waals surface area contributed by atoms with Crippen LogP contribution >= 0.6 is 35.4 Å². The summed E-state index contributed by atoms with van der Waals surface area (Å²) in [7, 11) is 0. The van der Waals surface area contributed by atoms with Gasteiger partial charge in [-0.15, -0.1) is 0 Å². The molecule has 0 aliphatic carbocycles. The van der Waals surface area contributed by atoms with Crippen molar-refractivity contribution >= 4 is 46.2 Å². The summed E-state index contributed by atoms with van der Waals surface area (Å²) >= 11 is 18.4. The molecule has 0 unspecified atom stereocenters. The number of hydrogen-bond donors (Lipinski definition) is 1. The van der Waals surface area contributed by atoms with Gasteiger partial charge in [0.15, 0.2) is 5.11 Å². The summed E-state index contributed by atoms with van der Waals surface area (Å²) in [6.07, 6.45) is 5.50. The number of thiocarbonyl (C=S) groups is 1. The van der Waals surface area contributed by atoms with Crippen LogP contribution in [0.2, 0.25) is 10.0 Å². The smallest absolute Gasteiger partial charge is 0.173 e. The van der Waals surface area contributed by atoms with Crippen molar-refractivity contribution in [3.05, 3.63) is 117 Å². The van der Waals surface area contributed by atoms with Crippen molar-refractivity contribution in [1.29, 1.82) is 5.26 Å². The van der Waals surface area contributed by atoms with E-state index < -0.39 is 0 Å². The summed E-state index contributed by atoms with van der Waals surface area (Å²) in [5, 5.41) is 14.4. The fourth-order valence-electron chi connectivity index (χ4n) is 4.01. The third-order valence-electron chi connectivity index (χ3n) is 6.07. The van der Waals surface area contributed by atoms with Crippen molar-refractivity contribution in [2.24, 2.45) is 0 Å². The molecule has 0 saturated carbocycles. The second kappa shape index (κ2) is 12.7. The zero-order valence-corrected chi connectivity index (χ0v) is 22.8. The number of halogens is 2. The number of anilines is 1. The number of benzene rings is 3. The number of nitrogens with zero attached hydrogens (tertiary/aromatic N) is 4. The summed E-state index contributed by atoms with van der Waals surface area (Å²) in [5.74, 6) is 0. The lowest BCUT2D eigenvalue weighted by atomic mass is 10.1. The van der Waals surface area contributed by atoms with Gasteiger partial charge in [0.25, 0.3) is 0 Å². The Kier molecular flexibility index (Phi) is 9.19. The van der Waals surface area contributed by atoms with E-state index in [4.69, 9.17) is 40.7 Å². The Labute approximate surface area is 233 Å². The normalized spacial score (nSPS) is 10.6. The van der Waals surface area contributed by atoms with Gasteiger partial charge in [0.05, 0.1) is 18.0 Å². The highest BCUT2D eigenvalue weighted by molar-refractivity contribution is 7.80. The van der Waals surface area contributed by atoms with Gasteiger partial charge in [0, 0.05) is 47.3 Å². The highest BCUT2D eigenvalue weighted by Crippen LogP contribution is 2.21. The van der Waals surface area contributed by atoms with Gasteiger partial charge in [-0.1, -0.05) is 53.5 Å². The molecule has 0 bridgehead atoms. The molecule has 0 amide bonds. The van der Waals surface area contributed by atoms with Crippen LogP contribution in [0.1, 0.15) is 34.4 Å². The molecule has 0 fully saturated rings. The van der Waals surface area contributed by atoms with E-state index in [1.165, 1.54) is 0 Å². The van der Waals surface area contributed by atoms with Gasteiger partial charge in [-0.05, 0) is 85.1 Å². The average molecular weight is 549 g/mol. The first kappa shape index (κ1) is 26.7. The van der Waals surface area contributed by atoms with E-state index in [2.05, 4.69) is 31.9 Å². The molecular formula is C29H27Cl2N5S. The molecular weight excluding hydrogens is 521 g/mol. The molecule has 0 saturated heterocycles. The summed E-state index contributed by atoms with van der Waals surface area (Å²) in [6.45, 7) is 4.07. The molecule has 0 aliphatic rings.